The molecule has 9 heteroatoms. The fraction of sp³-hybridized carbons (Fsp3) is 0. The summed E-state index contributed by atoms with van der Waals surface area (Å²) in [6.45, 7) is 0. The molecule has 6 nitrogen and oxygen atoms in total. The zero-order valence-corrected chi connectivity index (χ0v) is 35.7. The number of aromatic nitrogens is 4. The Labute approximate surface area is 365 Å². The minimum atomic E-state index is -0.331. The molecule has 0 aliphatic carbocycles. The molecule has 4 aromatic heterocycles. The topological polar surface area (TPSA) is 58.0 Å². The van der Waals surface area contributed by atoms with Gasteiger partial charge in [0.15, 0.2) is 0 Å². The molecule has 0 fully saturated rings. The molecule has 0 aliphatic rings. The molecule has 288 valence electrons. The van der Waals surface area contributed by atoms with Crippen molar-refractivity contribution in [2.75, 3.05) is 9.80 Å². The van der Waals surface area contributed by atoms with Crippen molar-refractivity contribution in [3.05, 3.63) is 194 Å². The van der Waals surface area contributed by atoms with Crippen molar-refractivity contribution < 1.29 is 0 Å². The summed E-state index contributed by atoms with van der Waals surface area (Å²) in [5.74, 6) is 0. The molecular weight excluding hydrogens is 852 g/mol. The third-order valence-corrected chi connectivity index (χ3v) is 14.4. The van der Waals surface area contributed by atoms with Crippen LogP contribution < -0.4 is 9.80 Å². The molecule has 0 bridgehead atoms. The van der Waals surface area contributed by atoms with Crippen LogP contribution in [0.25, 0.3) is 75.5 Å². The molecule has 0 radical (unpaired) electrons. The zero-order valence-electron chi connectivity index (χ0n) is 32.4. The molecule has 0 aliphatic heterocycles. The van der Waals surface area contributed by atoms with Crippen molar-refractivity contribution in [2.45, 2.75) is 0 Å². The number of thiophene rings is 2. The van der Waals surface area contributed by atoms with Gasteiger partial charge in [-0.15, -0.1) is 0 Å². The van der Waals surface area contributed by atoms with Gasteiger partial charge in [-0.05, 0) is 0 Å². The van der Waals surface area contributed by atoms with Gasteiger partial charge in [0.1, 0.15) is 0 Å². The summed E-state index contributed by atoms with van der Waals surface area (Å²) < 4.78 is 10.5. The average Bonchev–Trinajstić information content (AvgIpc) is 4.13. The summed E-state index contributed by atoms with van der Waals surface area (Å²) in [6.07, 6.45) is 0. The maximum atomic E-state index is 5.73. The first-order valence-corrected chi connectivity index (χ1v) is 23.1. The van der Waals surface area contributed by atoms with E-state index in [2.05, 4.69) is 204 Å². The van der Waals surface area contributed by atoms with Gasteiger partial charge in [0.2, 0.25) is 0 Å². The van der Waals surface area contributed by atoms with Crippen LogP contribution in [-0.4, -0.2) is 32.9 Å². The van der Waals surface area contributed by atoms with E-state index in [1.54, 1.807) is 22.7 Å². The second-order valence-electron chi connectivity index (χ2n) is 14.7. The van der Waals surface area contributed by atoms with Crippen LogP contribution in [0.2, 0.25) is 0 Å². The molecule has 0 saturated carbocycles. The van der Waals surface area contributed by atoms with Crippen molar-refractivity contribution in [3.8, 4) is 20.9 Å². The number of para-hydroxylation sites is 4. The van der Waals surface area contributed by atoms with Gasteiger partial charge in [0.05, 0.1) is 0 Å². The van der Waals surface area contributed by atoms with E-state index in [0.29, 0.717) is 0 Å². The van der Waals surface area contributed by atoms with Crippen molar-refractivity contribution in [1.29, 1.82) is 0 Å². The van der Waals surface area contributed by atoms with Crippen LogP contribution in [0, 0.1) is 0 Å². The molecule has 0 amide bonds. The quantitative estimate of drug-likeness (QED) is 0.0861. The van der Waals surface area contributed by atoms with Gasteiger partial charge in [0, 0.05) is 0 Å². The Morgan fingerprint density at radius 3 is 1.00 bits per heavy atom. The minimum absolute atomic E-state index is 0.331. The molecule has 0 saturated heterocycles. The van der Waals surface area contributed by atoms with Crippen molar-refractivity contribution in [2.24, 2.45) is 0 Å². The molecular formula is C52H32N6S2Se. The van der Waals surface area contributed by atoms with Crippen LogP contribution in [0.3, 0.4) is 0 Å². The Balaban J connectivity index is 1.14. The van der Waals surface area contributed by atoms with Crippen LogP contribution in [0.5, 0.6) is 0 Å². The van der Waals surface area contributed by atoms with Gasteiger partial charge < -0.3 is 0 Å². The summed E-state index contributed by atoms with van der Waals surface area (Å²) >= 11 is 3.15. The second kappa shape index (κ2) is 14.9. The monoisotopic (exact) mass is 884 g/mol. The van der Waals surface area contributed by atoms with Crippen molar-refractivity contribution in [3.63, 3.8) is 0 Å². The van der Waals surface area contributed by atoms with E-state index >= 15 is 0 Å². The van der Waals surface area contributed by atoms with E-state index < -0.39 is 0 Å². The number of anilines is 6. The van der Waals surface area contributed by atoms with Crippen LogP contribution in [0.15, 0.2) is 194 Å². The molecule has 0 unspecified atom stereocenters. The molecule has 4 heterocycles. The summed E-state index contributed by atoms with van der Waals surface area (Å²) in [4.78, 5) is 18.2. The summed E-state index contributed by atoms with van der Waals surface area (Å²) in [5, 5.41) is 6.66. The molecule has 0 spiro atoms. The van der Waals surface area contributed by atoms with E-state index in [1.807, 2.05) is 0 Å². The predicted octanol–water partition coefficient (Wildman–Crippen LogP) is 14.5. The molecule has 61 heavy (non-hydrogen) atoms. The van der Waals surface area contributed by atoms with E-state index in [4.69, 9.17) is 17.9 Å². The van der Waals surface area contributed by atoms with Crippen molar-refractivity contribution >= 4 is 125 Å². The Morgan fingerprint density at radius 1 is 0.311 bits per heavy atom. The summed E-state index contributed by atoms with van der Waals surface area (Å²) in [7, 11) is 0. The van der Waals surface area contributed by atoms with Crippen LogP contribution in [0.4, 0.5) is 32.8 Å². The second-order valence-corrected chi connectivity index (χ2v) is 17.9. The Morgan fingerprint density at radius 2 is 0.639 bits per heavy atom. The first kappa shape index (κ1) is 35.9. The van der Waals surface area contributed by atoms with E-state index in [1.165, 1.54) is 0 Å². The van der Waals surface area contributed by atoms with Crippen LogP contribution in [0.1, 0.15) is 0 Å². The SMILES string of the molecule is c1ccc(N(c2ccccc2)c2ccc(-c3c4n[se]nc4c(-c4ccc(N(c5ccccc5)c5ccccc5)s4)c4nc5c6ccccc6c6ccccc6c5nc34)s2)cc1. The first-order valence-electron chi connectivity index (χ1n) is 20.0. The molecule has 8 aromatic carbocycles. The van der Waals surface area contributed by atoms with Gasteiger partial charge in [-0.25, -0.2) is 0 Å². The number of hydrogen-bond donors (Lipinski definition) is 0. The third-order valence-electron chi connectivity index (χ3n) is 11.2. The standard InChI is InChI=1S/C52H32N6S2Se/c1-5-17-33(18-6-1)57(34-19-7-2-8-20-34)43-31-29-41(59-43)45-49-50(54-48-40-28-16-14-26-38(40)37-25-13-15-27-39(37)47(48)53-49)46(52-51(45)55-61-56-52)42-30-32-44(60-42)58(35-21-9-3-10-22-35)36-23-11-4-12-24-36/h1-32H. The Kier molecular flexibility index (Phi) is 8.78. The Bertz CT molecular complexity index is 3240. The normalized spacial score (nSPS) is 11.6. The van der Waals surface area contributed by atoms with Gasteiger partial charge in [-0.3, -0.25) is 0 Å². The summed E-state index contributed by atoms with van der Waals surface area (Å²) in [6, 6.07) is 68.2. The number of benzene rings is 8. The number of hydrogen-bond acceptors (Lipinski definition) is 8. The number of nitrogens with zero attached hydrogens (tertiary/aromatic N) is 6. The van der Waals surface area contributed by atoms with E-state index in [9.17, 15) is 0 Å². The fourth-order valence-corrected chi connectivity index (χ4v) is 11.9. The molecule has 0 N–H and O–H groups in total. The van der Waals surface area contributed by atoms with Crippen LogP contribution in [-0.2, 0) is 0 Å². The van der Waals surface area contributed by atoms with Crippen molar-refractivity contribution in [1.82, 2.24) is 17.9 Å². The third kappa shape index (κ3) is 6.05. The van der Waals surface area contributed by atoms with Crippen LogP contribution >= 0.6 is 22.7 Å². The van der Waals surface area contributed by atoms with E-state index in [0.717, 1.165) is 108 Å². The fourth-order valence-electron chi connectivity index (χ4n) is 8.50. The van der Waals surface area contributed by atoms with Gasteiger partial charge in [-0.2, -0.15) is 0 Å². The number of rotatable bonds is 8. The molecule has 12 rings (SSSR count). The summed E-state index contributed by atoms with van der Waals surface area (Å²) in [5.41, 5.74) is 11.5. The first-order chi connectivity index (χ1) is 30.3. The Hall–Kier alpha value is -7.00. The molecule has 0 atom stereocenters. The zero-order chi connectivity index (χ0) is 40.3. The predicted molar refractivity (Wildman–Crippen MR) is 258 cm³/mol. The van der Waals surface area contributed by atoms with Gasteiger partial charge in [0.25, 0.3) is 0 Å². The number of fused-ring (bicyclic) bond motifs is 8. The molecule has 12 aromatic rings. The average molecular weight is 884 g/mol. The van der Waals surface area contributed by atoms with Gasteiger partial charge in [-0.1, -0.05) is 0 Å². The van der Waals surface area contributed by atoms with E-state index in [-0.39, 0.29) is 15.0 Å². The van der Waals surface area contributed by atoms with Gasteiger partial charge >= 0.3 is 368 Å². The maximum absolute atomic E-state index is 5.73.